The topological polar surface area (TPSA) is 74.6 Å². The summed E-state index contributed by atoms with van der Waals surface area (Å²) in [5.41, 5.74) is 2.27. The summed E-state index contributed by atoms with van der Waals surface area (Å²) in [5, 5.41) is 3.49. The van der Waals surface area contributed by atoms with Crippen molar-refractivity contribution in [3.63, 3.8) is 0 Å². The molecule has 4 rings (SSSR count). The zero-order chi connectivity index (χ0) is 20.5. The van der Waals surface area contributed by atoms with E-state index in [4.69, 9.17) is 25.8 Å². The van der Waals surface area contributed by atoms with Crippen LogP contribution in [-0.2, 0) is 4.79 Å². The van der Waals surface area contributed by atoms with Crippen molar-refractivity contribution in [1.82, 2.24) is 9.55 Å². The van der Waals surface area contributed by atoms with Crippen LogP contribution in [-0.4, -0.2) is 36.8 Å². The van der Waals surface area contributed by atoms with Crippen molar-refractivity contribution in [2.24, 2.45) is 0 Å². The number of imidazole rings is 1. The summed E-state index contributed by atoms with van der Waals surface area (Å²) in [6.45, 7) is 0. The average Bonchev–Trinajstić information content (AvgIpc) is 3.15. The van der Waals surface area contributed by atoms with Gasteiger partial charge in [-0.25, -0.2) is 4.98 Å². The molecule has 29 heavy (non-hydrogen) atoms. The predicted molar refractivity (Wildman–Crippen MR) is 110 cm³/mol. The highest BCUT2D eigenvalue weighted by atomic mass is 35.5. The van der Waals surface area contributed by atoms with Gasteiger partial charge in [0.15, 0.2) is 11.5 Å². The quantitative estimate of drug-likeness (QED) is 0.683. The molecule has 150 valence electrons. The second-order valence-electron chi connectivity index (χ2n) is 6.55. The Bertz CT molecular complexity index is 1080. The van der Waals surface area contributed by atoms with Crippen LogP contribution >= 0.6 is 11.6 Å². The third-order valence-electron chi connectivity index (χ3n) is 5.00. The molecule has 0 bridgehead atoms. The Labute approximate surface area is 173 Å². The number of aromatic nitrogens is 2. The first-order valence-corrected chi connectivity index (χ1v) is 9.37. The molecule has 1 N–H and O–H groups in total. The van der Waals surface area contributed by atoms with Crippen LogP contribution in [0, 0.1) is 0 Å². The van der Waals surface area contributed by atoms with Gasteiger partial charge in [0, 0.05) is 24.0 Å². The lowest BCUT2D eigenvalue weighted by Crippen LogP contribution is -2.25. The van der Waals surface area contributed by atoms with Crippen LogP contribution in [0.4, 0.5) is 5.82 Å². The Morgan fingerprint density at radius 3 is 2.45 bits per heavy atom. The van der Waals surface area contributed by atoms with Crippen molar-refractivity contribution < 1.29 is 19.0 Å². The molecule has 7 nitrogen and oxygen atoms in total. The van der Waals surface area contributed by atoms with E-state index in [0.29, 0.717) is 28.1 Å². The maximum absolute atomic E-state index is 12.6. The van der Waals surface area contributed by atoms with Crippen molar-refractivity contribution >= 4 is 23.3 Å². The van der Waals surface area contributed by atoms with E-state index in [1.54, 1.807) is 44.4 Å². The minimum atomic E-state index is -0.308. The highest BCUT2D eigenvalue weighted by Crippen LogP contribution is 2.45. The number of ether oxygens (including phenoxy) is 3. The van der Waals surface area contributed by atoms with Gasteiger partial charge in [0.2, 0.25) is 5.91 Å². The van der Waals surface area contributed by atoms with E-state index in [9.17, 15) is 4.79 Å². The number of fused-ring (bicyclic) bond motifs is 1. The van der Waals surface area contributed by atoms with E-state index in [0.717, 1.165) is 16.9 Å². The van der Waals surface area contributed by atoms with Crippen LogP contribution < -0.4 is 19.5 Å². The van der Waals surface area contributed by atoms with Crippen LogP contribution in [0.15, 0.2) is 42.7 Å². The van der Waals surface area contributed by atoms with Crippen molar-refractivity contribution in [2.45, 2.75) is 12.3 Å². The van der Waals surface area contributed by atoms with Crippen LogP contribution in [0.3, 0.4) is 0 Å². The standard InChI is InChI=1S/C21H20ClN3O4/c1-27-16-10-18(29-3)17(28-2)8-12(16)13-9-19(26)24-21-20(13)23-11-25(21)15-7-5-4-6-14(15)22/h4-8,10-11,13H,9H2,1-3H3,(H,24,26)/t13-/m0/s1. The summed E-state index contributed by atoms with van der Waals surface area (Å²) in [7, 11) is 4.71. The number of hydrogen-bond acceptors (Lipinski definition) is 5. The number of methoxy groups -OCH3 is 3. The van der Waals surface area contributed by atoms with E-state index >= 15 is 0 Å². The van der Waals surface area contributed by atoms with E-state index < -0.39 is 0 Å². The number of para-hydroxylation sites is 1. The van der Waals surface area contributed by atoms with Crippen LogP contribution in [0.5, 0.6) is 17.2 Å². The lowest BCUT2D eigenvalue weighted by atomic mass is 9.88. The highest BCUT2D eigenvalue weighted by molar-refractivity contribution is 6.32. The predicted octanol–water partition coefficient (Wildman–Crippen LogP) is 4.03. The lowest BCUT2D eigenvalue weighted by molar-refractivity contribution is -0.116. The number of halogens is 1. The molecule has 2 heterocycles. The number of amides is 1. The Morgan fingerprint density at radius 2 is 1.76 bits per heavy atom. The van der Waals surface area contributed by atoms with Crippen LogP contribution in [0.1, 0.15) is 23.6 Å². The van der Waals surface area contributed by atoms with Gasteiger partial charge in [-0.2, -0.15) is 0 Å². The molecule has 0 saturated carbocycles. The molecule has 2 aromatic carbocycles. The van der Waals surface area contributed by atoms with Gasteiger partial charge in [0.05, 0.1) is 37.7 Å². The van der Waals surface area contributed by atoms with Crippen LogP contribution in [0.2, 0.25) is 5.02 Å². The first-order valence-electron chi connectivity index (χ1n) is 8.99. The first-order chi connectivity index (χ1) is 14.1. The molecule has 1 aliphatic rings. The molecule has 1 aromatic heterocycles. The molecule has 0 radical (unpaired) electrons. The zero-order valence-electron chi connectivity index (χ0n) is 16.2. The molecule has 1 amide bonds. The SMILES string of the molecule is COc1cc(OC)c([C@@H]2CC(=O)Nc3c2ncn3-c2ccccc2Cl)cc1OC. The monoisotopic (exact) mass is 413 g/mol. The largest absolute Gasteiger partial charge is 0.496 e. The number of nitrogens with one attached hydrogen (secondary N) is 1. The minimum absolute atomic E-state index is 0.117. The van der Waals surface area contributed by atoms with Gasteiger partial charge in [0.25, 0.3) is 0 Å². The number of carbonyl (C=O) groups excluding carboxylic acids is 1. The molecule has 1 atom stereocenters. The number of rotatable bonds is 5. The summed E-state index contributed by atoms with van der Waals surface area (Å²) in [5.74, 6) is 1.87. The van der Waals surface area contributed by atoms with Gasteiger partial charge < -0.3 is 19.5 Å². The maximum atomic E-state index is 12.6. The lowest BCUT2D eigenvalue weighted by Gasteiger charge is -2.25. The fourth-order valence-corrected chi connectivity index (χ4v) is 3.85. The minimum Gasteiger partial charge on any atom is -0.496 e. The summed E-state index contributed by atoms with van der Waals surface area (Å²) in [4.78, 5) is 17.2. The summed E-state index contributed by atoms with van der Waals surface area (Å²) < 4.78 is 18.2. The molecule has 0 fully saturated rings. The molecular weight excluding hydrogens is 394 g/mol. The summed E-state index contributed by atoms with van der Waals surface area (Å²) in [6, 6.07) is 11.0. The van der Waals surface area contributed by atoms with Gasteiger partial charge in [-0.15, -0.1) is 0 Å². The Hall–Kier alpha value is -3.19. The van der Waals surface area contributed by atoms with Crippen molar-refractivity contribution in [1.29, 1.82) is 0 Å². The smallest absolute Gasteiger partial charge is 0.226 e. The van der Waals surface area contributed by atoms with Gasteiger partial charge in [-0.05, 0) is 18.2 Å². The van der Waals surface area contributed by atoms with Gasteiger partial charge in [-0.1, -0.05) is 23.7 Å². The first kappa shape index (κ1) is 19.1. The van der Waals surface area contributed by atoms with E-state index in [1.807, 2.05) is 24.3 Å². The molecule has 3 aromatic rings. The van der Waals surface area contributed by atoms with E-state index in [-0.39, 0.29) is 18.2 Å². The fraction of sp³-hybridized carbons (Fsp3) is 0.238. The zero-order valence-corrected chi connectivity index (χ0v) is 17.0. The highest BCUT2D eigenvalue weighted by Gasteiger charge is 2.33. The third kappa shape index (κ3) is 3.27. The van der Waals surface area contributed by atoms with Crippen LogP contribution in [0.25, 0.3) is 5.69 Å². The molecule has 0 aliphatic carbocycles. The summed E-state index contributed by atoms with van der Waals surface area (Å²) >= 11 is 6.36. The molecule has 0 spiro atoms. The molecule has 0 unspecified atom stereocenters. The van der Waals surface area contributed by atoms with E-state index in [1.165, 1.54) is 0 Å². The molecule has 0 saturated heterocycles. The number of hydrogen-bond donors (Lipinski definition) is 1. The Morgan fingerprint density at radius 1 is 1.07 bits per heavy atom. The third-order valence-corrected chi connectivity index (χ3v) is 5.32. The van der Waals surface area contributed by atoms with Gasteiger partial charge in [0.1, 0.15) is 17.9 Å². The second-order valence-corrected chi connectivity index (χ2v) is 6.96. The number of nitrogens with zero attached hydrogens (tertiary/aromatic N) is 2. The Kier molecular flexibility index (Phi) is 5.07. The van der Waals surface area contributed by atoms with Crippen molar-refractivity contribution in [3.8, 4) is 22.9 Å². The normalized spacial score (nSPS) is 15.4. The van der Waals surface area contributed by atoms with E-state index in [2.05, 4.69) is 10.3 Å². The van der Waals surface area contributed by atoms with Gasteiger partial charge in [-0.3, -0.25) is 9.36 Å². The maximum Gasteiger partial charge on any atom is 0.226 e. The fourth-order valence-electron chi connectivity index (χ4n) is 3.62. The van der Waals surface area contributed by atoms with Gasteiger partial charge >= 0.3 is 0 Å². The second kappa shape index (κ2) is 7.67. The van der Waals surface area contributed by atoms with Crippen molar-refractivity contribution in [2.75, 3.05) is 26.6 Å². The Balaban J connectivity index is 1.87. The number of carbonyl (C=O) groups is 1. The van der Waals surface area contributed by atoms with Crippen molar-refractivity contribution in [3.05, 3.63) is 59.0 Å². The molecular formula is C21H20ClN3O4. The molecule has 1 aliphatic heterocycles. The number of anilines is 1. The number of benzene rings is 2. The molecule has 8 heteroatoms. The summed E-state index contributed by atoms with van der Waals surface area (Å²) in [6.07, 6.45) is 1.90. The average molecular weight is 414 g/mol.